The zero-order valence-corrected chi connectivity index (χ0v) is 29.8. The van der Waals surface area contributed by atoms with Crippen molar-refractivity contribution >= 4 is 43.5 Å². The highest BCUT2D eigenvalue weighted by Gasteiger charge is 2.31. The second-order valence-corrected chi connectivity index (χ2v) is 14.4. The van der Waals surface area contributed by atoms with Gasteiger partial charge in [-0.05, 0) is 99.9 Å². The maximum absolute atomic E-state index is 13.1. The minimum Gasteiger partial charge on any atom is -0.497 e. The van der Waals surface area contributed by atoms with Crippen LogP contribution < -0.4 is 19.8 Å². The number of amides is 1. The third-order valence-electron chi connectivity index (χ3n) is 8.55. The maximum Gasteiger partial charge on any atom is 0.410 e. The van der Waals surface area contributed by atoms with E-state index < -0.39 is 11.2 Å². The molecule has 1 aliphatic carbocycles. The van der Waals surface area contributed by atoms with Gasteiger partial charge in [-0.15, -0.1) is 0 Å². The Kier molecular flexibility index (Phi) is 9.95. The van der Waals surface area contributed by atoms with Crippen LogP contribution in [-0.4, -0.2) is 57.2 Å². The molecule has 1 amide bonds. The topological polar surface area (TPSA) is 120 Å². The summed E-state index contributed by atoms with van der Waals surface area (Å²) in [5, 5.41) is 0.659. The lowest BCUT2D eigenvalue weighted by atomic mass is 9.87. The summed E-state index contributed by atoms with van der Waals surface area (Å²) < 4.78 is 23.5. The molecule has 4 aromatic rings. The second-order valence-electron chi connectivity index (χ2n) is 13.4. The molecule has 252 valence electrons. The van der Waals surface area contributed by atoms with E-state index >= 15 is 0 Å². The van der Waals surface area contributed by atoms with Crippen LogP contribution in [0.25, 0.3) is 22.3 Å². The van der Waals surface area contributed by atoms with Gasteiger partial charge in [-0.1, -0.05) is 18.2 Å². The third-order valence-corrected chi connectivity index (χ3v) is 9.13. The zero-order chi connectivity index (χ0) is 34.0. The molecule has 1 unspecified atom stereocenters. The highest BCUT2D eigenvalue weighted by Crippen LogP contribution is 2.42. The number of halogens is 1. The molecule has 11 heteroatoms. The van der Waals surface area contributed by atoms with Gasteiger partial charge in [0.2, 0.25) is 3.79 Å². The van der Waals surface area contributed by atoms with Gasteiger partial charge in [0, 0.05) is 47.0 Å². The van der Waals surface area contributed by atoms with E-state index in [1.54, 1.807) is 40.7 Å². The van der Waals surface area contributed by atoms with Crippen LogP contribution in [0.3, 0.4) is 0 Å². The lowest BCUT2D eigenvalue weighted by Crippen LogP contribution is -2.42. The van der Waals surface area contributed by atoms with Crippen LogP contribution in [-0.2, 0) is 11.3 Å². The molecule has 6 rings (SSSR count). The fraction of sp³-hybridized carbons (Fsp3) is 0.405. The van der Waals surface area contributed by atoms with E-state index in [2.05, 4.69) is 4.98 Å². The minimum atomic E-state index is -0.623. The SMILES string of the molecule is COc1ccc(COc2cccc(OCC3CC3)c2-c2cc(C3CCCN(C(=O)OC(C)(C)C)C3)c3cc(C(=O)I)c(=O)[nH]c3n2)cc1. The molecule has 10 nitrogen and oxygen atoms in total. The Labute approximate surface area is 293 Å². The number of aromatic nitrogens is 2. The number of hydrogen-bond donors (Lipinski definition) is 1. The molecule has 0 bridgehead atoms. The number of aromatic amines is 1. The number of ether oxygens (including phenoxy) is 4. The number of fused-ring (bicyclic) bond motifs is 1. The summed E-state index contributed by atoms with van der Waals surface area (Å²) in [4.78, 5) is 48.2. The number of benzene rings is 2. The van der Waals surface area contributed by atoms with Gasteiger partial charge >= 0.3 is 6.09 Å². The number of hydrogen-bond acceptors (Lipinski definition) is 8. The van der Waals surface area contributed by atoms with Crippen molar-refractivity contribution in [3.05, 3.63) is 81.6 Å². The van der Waals surface area contributed by atoms with Crippen LogP contribution in [0, 0.1) is 5.92 Å². The second kappa shape index (κ2) is 14.2. The number of nitrogens with zero attached hydrogens (tertiary/aromatic N) is 2. The van der Waals surface area contributed by atoms with Gasteiger partial charge in [-0.2, -0.15) is 0 Å². The molecule has 1 N–H and O–H groups in total. The van der Waals surface area contributed by atoms with Crippen molar-refractivity contribution in [2.75, 3.05) is 26.8 Å². The fourth-order valence-electron chi connectivity index (χ4n) is 5.92. The van der Waals surface area contributed by atoms with Crippen molar-refractivity contribution in [1.82, 2.24) is 14.9 Å². The molecule has 2 aromatic heterocycles. The smallest absolute Gasteiger partial charge is 0.410 e. The van der Waals surface area contributed by atoms with Crippen LogP contribution in [0.5, 0.6) is 17.2 Å². The van der Waals surface area contributed by atoms with E-state index in [0.29, 0.717) is 66.0 Å². The molecule has 1 saturated heterocycles. The quantitative estimate of drug-likeness (QED) is 0.129. The zero-order valence-electron chi connectivity index (χ0n) is 27.6. The van der Waals surface area contributed by atoms with Gasteiger partial charge in [0.15, 0.2) is 0 Å². The Morgan fingerprint density at radius 2 is 1.75 bits per heavy atom. The van der Waals surface area contributed by atoms with Crippen LogP contribution in [0.4, 0.5) is 4.79 Å². The van der Waals surface area contributed by atoms with Gasteiger partial charge < -0.3 is 28.8 Å². The molecule has 1 saturated carbocycles. The summed E-state index contributed by atoms with van der Waals surface area (Å²) in [5.74, 6) is 2.38. The number of piperidine rings is 1. The molecule has 2 aromatic carbocycles. The highest BCUT2D eigenvalue weighted by atomic mass is 127. The molecule has 1 atom stereocenters. The molecule has 48 heavy (non-hydrogen) atoms. The fourth-order valence-corrected chi connectivity index (χ4v) is 6.32. The first-order valence-corrected chi connectivity index (χ1v) is 17.3. The molecule has 2 fully saturated rings. The summed E-state index contributed by atoms with van der Waals surface area (Å²) in [6, 6.07) is 17.0. The number of nitrogens with one attached hydrogen (secondary N) is 1. The summed E-state index contributed by atoms with van der Waals surface area (Å²) in [5.41, 5.74) is 2.33. The number of carbonyl (C=O) groups is 2. The number of pyridine rings is 2. The van der Waals surface area contributed by atoms with E-state index in [4.69, 9.17) is 23.9 Å². The van der Waals surface area contributed by atoms with Gasteiger partial charge in [-0.25, -0.2) is 9.78 Å². The molecule has 2 aliphatic rings. The summed E-state index contributed by atoms with van der Waals surface area (Å²) in [6.07, 6.45) is 3.47. The van der Waals surface area contributed by atoms with Gasteiger partial charge in [-0.3, -0.25) is 9.59 Å². The number of likely N-dealkylation sites (tertiary alicyclic amines) is 1. The third kappa shape index (κ3) is 7.94. The Morgan fingerprint density at radius 1 is 1.02 bits per heavy atom. The largest absolute Gasteiger partial charge is 0.497 e. The first kappa shape index (κ1) is 33.8. The Balaban J connectivity index is 1.45. The standard InChI is InChI=1S/C37H40IN3O7/c1-37(2,3)48-36(44)41-16-6-7-24(19-41)26-18-29(39-34-27(26)17-28(33(38)42)35(43)40-34)32-30(46-20-22-10-11-22)8-5-9-31(32)47-21-23-12-14-25(45-4)15-13-23/h5,8-9,12-15,17-18,22,24H,6-7,10-11,16,19-21H2,1-4H3,(H,39,40,43). The molecule has 1 aliphatic heterocycles. The summed E-state index contributed by atoms with van der Waals surface area (Å²) in [7, 11) is 1.63. The summed E-state index contributed by atoms with van der Waals surface area (Å²) >= 11 is 1.63. The lowest BCUT2D eigenvalue weighted by Gasteiger charge is -2.34. The Hall–Kier alpha value is -4.13. The Bertz CT molecular complexity index is 1880. The van der Waals surface area contributed by atoms with Gasteiger partial charge in [0.1, 0.15) is 35.1 Å². The average molecular weight is 766 g/mol. The molecule has 0 spiro atoms. The number of H-pyrrole nitrogens is 1. The van der Waals surface area contributed by atoms with Crippen molar-refractivity contribution in [2.45, 2.75) is 64.6 Å². The van der Waals surface area contributed by atoms with Crippen LogP contribution >= 0.6 is 22.6 Å². The van der Waals surface area contributed by atoms with Crippen LogP contribution in [0.2, 0.25) is 0 Å². The first-order valence-electron chi connectivity index (χ1n) is 16.3. The van der Waals surface area contributed by atoms with E-state index in [1.807, 2.05) is 69.3 Å². The lowest BCUT2D eigenvalue weighted by molar-refractivity contribution is 0.0198. The van der Waals surface area contributed by atoms with Crippen LogP contribution in [0.1, 0.15) is 73.9 Å². The summed E-state index contributed by atoms with van der Waals surface area (Å²) in [6.45, 7) is 7.44. The van der Waals surface area contributed by atoms with E-state index in [-0.39, 0.29) is 21.4 Å². The predicted molar refractivity (Wildman–Crippen MR) is 191 cm³/mol. The van der Waals surface area contributed by atoms with Crippen molar-refractivity contribution in [3.8, 4) is 28.5 Å². The highest BCUT2D eigenvalue weighted by molar-refractivity contribution is 14.1. The number of rotatable bonds is 10. The predicted octanol–water partition coefficient (Wildman–Crippen LogP) is 7.66. The maximum atomic E-state index is 13.1. The first-order chi connectivity index (χ1) is 23.0. The molecule has 3 heterocycles. The van der Waals surface area contributed by atoms with E-state index in [9.17, 15) is 14.4 Å². The minimum absolute atomic E-state index is 0.0513. The van der Waals surface area contributed by atoms with E-state index in [0.717, 1.165) is 42.6 Å². The normalized spacial score (nSPS) is 16.4. The van der Waals surface area contributed by atoms with E-state index in [1.165, 1.54) is 0 Å². The van der Waals surface area contributed by atoms with Crippen molar-refractivity contribution < 1.29 is 28.5 Å². The number of methoxy groups -OCH3 is 1. The van der Waals surface area contributed by atoms with Crippen molar-refractivity contribution in [2.24, 2.45) is 5.92 Å². The van der Waals surface area contributed by atoms with Crippen LogP contribution in [0.15, 0.2) is 59.4 Å². The molecular formula is C37H40IN3O7. The molecular weight excluding hydrogens is 725 g/mol. The van der Waals surface area contributed by atoms with Gasteiger partial charge in [0.05, 0.1) is 30.5 Å². The van der Waals surface area contributed by atoms with Gasteiger partial charge in [0.25, 0.3) is 5.56 Å². The van der Waals surface area contributed by atoms with Crippen molar-refractivity contribution in [3.63, 3.8) is 0 Å². The molecule has 0 radical (unpaired) electrons. The van der Waals surface area contributed by atoms with Crippen molar-refractivity contribution in [1.29, 1.82) is 0 Å². The Morgan fingerprint density at radius 3 is 2.42 bits per heavy atom. The average Bonchev–Trinajstić information content (AvgIpc) is 3.89. The number of carbonyl (C=O) groups excluding carboxylic acids is 2. The monoisotopic (exact) mass is 765 g/mol.